The number of anilines is 1. The van der Waals surface area contributed by atoms with E-state index in [0.717, 1.165) is 38.2 Å². The van der Waals surface area contributed by atoms with E-state index >= 15 is 0 Å². The van der Waals surface area contributed by atoms with E-state index in [2.05, 4.69) is 38.6 Å². The van der Waals surface area contributed by atoms with Crippen LogP contribution in [0.5, 0.6) is 0 Å². The van der Waals surface area contributed by atoms with Crippen LogP contribution in [0.3, 0.4) is 0 Å². The fraction of sp³-hybridized carbons (Fsp3) is 0.714. The summed E-state index contributed by atoms with van der Waals surface area (Å²) in [5, 5.41) is 10.9. The lowest BCUT2D eigenvalue weighted by Crippen LogP contribution is -2.39. The van der Waals surface area contributed by atoms with E-state index in [1.165, 1.54) is 4.68 Å². The van der Waals surface area contributed by atoms with Crippen molar-refractivity contribution in [2.24, 2.45) is 5.41 Å². The summed E-state index contributed by atoms with van der Waals surface area (Å²) in [5.74, 6) is 0. The molecule has 1 fully saturated rings. The number of hydrogen-bond donors (Lipinski definition) is 2. The van der Waals surface area contributed by atoms with Gasteiger partial charge in [0.15, 0.2) is 0 Å². The lowest BCUT2D eigenvalue weighted by atomic mass is 9.81. The number of nitrogens with zero attached hydrogens (tertiary/aromatic N) is 2. The first-order chi connectivity index (χ1) is 10.1. The average Bonchev–Trinajstić information content (AvgIpc) is 2.48. The van der Waals surface area contributed by atoms with Gasteiger partial charge in [0.2, 0.25) is 0 Å². The molecule has 0 amide bonds. The van der Waals surface area contributed by atoms with Crippen molar-refractivity contribution in [1.82, 2.24) is 15.1 Å². The molecule has 2 N–H and O–H groups in total. The second kappa shape index (κ2) is 7.38. The highest BCUT2D eigenvalue weighted by atomic mass is 79.9. The number of nitrogens with one attached hydrogen (secondary N) is 2. The predicted molar refractivity (Wildman–Crippen MR) is 86.8 cm³/mol. The Kier molecular flexibility index (Phi) is 5.78. The normalized spacial score (nSPS) is 17.7. The summed E-state index contributed by atoms with van der Waals surface area (Å²) in [4.78, 5) is 12.2. The zero-order chi connectivity index (χ0) is 15.3. The summed E-state index contributed by atoms with van der Waals surface area (Å²) in [6.07, 6.45) is 3.97. The Morgan fingerprint density at radius 1 is 1.52 bits per heavy atom. The van der Waals surface area contributed by atoms with Gasteiger partial charge in [-0.25, -0.2) is 4.68 Å². The number of aromatic nitrogens is 2. The minimum atomic E-state index is -0.132. The molecule has 1 saturated heterocycles. The molecule has 0 saturated carbocycles. The van der Waals surface area contributed by atoms with Gasteiger partial charge in [0.05, 0.1) is 25.0 Å². The summed E-state index contributed by atoms with van der Waals surface area (Å²) in [6.45, 7) is 6.15. The standard InChI is InChI=1S/C14H23BrN4O2/c1-14(3-5-16-6-4-14)10-17-11-9-18-19(7-8-21-2)13(20)12(11)15/h9,16-17H,3-8,10H2,1-2H3. The SMILES string of the molecule is COCCn1ncc(NCC2(C)CCNCC2)c(Br)c1=O. The fourth-order valence-corrected chi connectivity index (χ4v) is 2.89. The molecule has 1 aromatic rings. The predicted octanol–water partition coefficient (Wildman–Crippen LogP) is 1.45. The van der Waals surface area contributed by atoms with Crippen molar-refractivity contribution >= 4 is 21.6 Å². The van der Waals surface area contributed by atoms with Crippen molar-refractivity contribution in [3.8, 4) is 0 Å². The molecule has 118 valence electrons. The third-order valence-corrected chi connectivity index (χ3v) is 4.77. The van der Waals surface area contributed by atoms with E-state index < -0.39 is 0 Å². The number of rotatable bonds is 6. The highest BCUT2D eigenvalue weighted by Crippen LogP contribution is 2.29. The van der Waals surface area contributed by atoms with Crippen molar-refractivity contribution < 1.29 is 4.74 Å². The highest BCUT2D eigenvalue weighted by molar-refractivity contribution is 9.10. The van der Waals surface area contributed by atoms with Gasteiger partial charge in [0, 0.05) is 13.7 Å². The van der Waals surface area contributed by atoms with Crippen molar-refractivity contribution in [2.75, 3.05) is 38.7 Å². The van der Waals surface area contributed by atoms with Crippen LogP contribution in [0.1, 0.15) is 19.8 Å². The molecule has 0 spiro atoms. The molecule has 0 aliphatic carbocycles. The molecule has 1 aromatic heterocycles. The van der Waals surface area contributed by atoms with E-state index in [9.17, 15) is 4.79 Å². The van der Waals surface area contributed by atoms with E-state index in [1.54, 1.807) is 13.3 Å². The van der Waals surface area contributed by atoms with Gasteiger partial charge in [0.25, 0.3) is 5.56 Å². The Balaban J connectivity index is 2.03. The van der Waals surface area contributed by atoms with Gasteiger partial charge in [-0.2, -0.15) is 5.10 Å². The smallest absolute Gasteiger partial charge is 0.283 e. The lowest BCUT2D eigenvalue weighted by molar-refractivity contribution is 0.181. The average molecular weight is 359 g/mol. The van der Waals surface area contributed by atoms with E-state index in [1.807, 2.05) is 0 Å². The Morgan fingerprint density at radius 2 is 2.24 bits per heavy atom. The van der Waals surface area contributed by atoms with Crippen LogP contribution in [0.15, 0.2) is 15.5 Å². The summed E-state index contributed by atoms with van der Waals surface area (Å²) in [6, 6.07) is 0. The first-order valence-electron chi connectivity index (χ1n) is 7.25. The molecule has 21 heavy (non-hydrogen) atoms. The summed E-state index contributed by atoms with van der Waals surface area (Å²) in [5.41, 5.74) is 0.885. The first kappa shape index (κ1) is 16.5. The molecule has 0 atom stereocenters. The Hall–Kier alpha value is -0.920. The van der Waals surface area contributed by atoms with Crippen molar-refractivity contribution in [1.29, 1.82) is 0 Å². The molecule has 0 aromatic carbocycles. The molecule has 0 radical (unpaired) electrons. The van der Waals surface area contributed by atoms with E-state index in [4.69, 9.17) is 4.74 Å². The van der Waals surface area contributed by atoms with Crippen LogP contribution >= 0.6 is 15.9 Å². The van der Waals surface area contributed by atoms with Gasteiger partial charge in [-0.05, 0) is 47.3 Å². The maximum absolute atomic E-state index is 12.2. The highest BCUT2D eigenvalue weighted by Gasteiger charge is 2.26. The third-order valence-electron chi connectivity index (χ3n) is 4.01. The molecular formula is C14H23BrN4O2. The summed E-state index contributed by atoms with van der Waals surface area (Å²) >= 11 is 3.38. The zero-order valence-electron chi connectivity index (χ0n) is 12.6. The van der Waals surface area contributed by atoms with Gasteiger partial charge < -0.3 is 15.4 Å². The second-order valence-electron chi connectivity index (χ2n) is 5.81. The van der Waals surface area contributed by atoms with Crippen LogP contribution in [-0.2, 0) is 11.3 Å². The maximum atomic E-state index is 12.2. The number of ether oxygens (including phenoxy) is 1. The van der Waals surface area contributed by atoms with Crippen LogP contribution in [0.2, 0.25) is 0 Å². The van der Waals surface area contributed by atoms with Crippen LogP contribution < -0.4 is 16.2 Å². The van der Waals surface area contributed by atoms with Crippen LogP contribution in [0.25, 0.3) is 0 Å². The Bertz CT molecular complexity index is 526. The number of methoxy groups -OCH3 is 1. The topological polar surface area (TPSA) is 68.2 Å². The van der Waals surface area contributed by atoms with E-state index in [-0.39, 0.29) is 11.0 Å². The summed E-state index contributed by atoms with van der Waals surface area (Å²) in [7, 11) is 1.61. The number of piperidine rings is 1. The molecule has 2 rings (SSSR count). The van der Waals surface area contributed by atoms with Gasteiger partial charge in [0.1, 0.15) is 4.47 Å². The minimum absolute atomic E-state index is 0.132. The Labute approximate surface area is 133 Å². The molecule has 0 unspecified atom stereocenters. The third kappa shape index (κ3) is 4.28. The van der Waals surface area contributed by atoms with E-state index in [0.29, 0.717) is 17.6 Å². The molecule has 1 aliphatic heterocycles. The molecular weight excluding hydrogens is 336 g/mol. The lowest BCUT2D eigenvalue weighted by Gasteiger charge is -2.34. The molecule has 1 aliphatic rings. The summed E-state index contributed by atoms with van der Waals surface area (Å²) < 4.78 is 6.92. The monoisotopic (exact) mass is 358 g/mol. The minimum Gasteiger partial charge on any atom is -0.383 e. The Morgan fingerprint density at radius 3 is 2.90 bits per heavy atom. The quantitative estimate of drug-likeness (QED) is 0.805. The van der Waals surface area contributed by atoms with Gasteiger partial charge >= 0.3 is 0 Å². The molecule has 2 heterocycles. The molecule has 0 bridgehead atoms. The van der Waals surface area contributed by atoms with Gasteiger partial charge in [-0.15, -0.1) is 0 Å². The first-order valence-corrected chi connectivity index (χ1v) is 8.04. The van der Waals surface area contributed by atoms with Crippen molar-refractivity contribution in [3.63, 3.8) is 0 Å². The molecule has 6 nitrogen and oxygen atoms in total. The maximum Gasteiger partial charge on any atom is 0.283 e. The van der Waals surface area contributed by atoms with Crippen LogP contribution in [0, 0.1) is 5.41 Å². The largest absolute Gasteiger partial charge is 0.383 e. The van der Waals surface area contributed by atoms with Crippen LogP contribution in [0.4, 0.5) is 5.69 Å². The molecule has 7 heteroatoms. The van der Waals surface area contributed by atoms with Crippen molar-refractivity contribution in [2.45, 2.75) is 26.3 Å². The van der Waals surface area contributed by atoms with Gasteiger partial charge in [-0.1, -0.05) is 6.92 Å². The van der Waals surface area contributed by atoms with Gasteiger partial charge in [-0.3, -0.25) is 4.79 Å². The zero-order valence-corrected chi connectivity index (χ0v) is 14.2. The van der Waals surface area contributed by atoms with Crippen LogP contribution in [-0.4, -0.2) is 43.1 Å². The van der Waals surface area contributed by atoms with Crippen molar-refractivity contribution in [3.05, 3.63) is 21.0 Å². The second-order valence-corrected chi connectivity index (χ2v) is 6.60. The number of hydrogen-bond acceptors (Lipinski definition) is 5. The number of halogens is 1. The fourth-order valence-electron chi connectivity index (χ4n) is 2.44.